The lowest BCUT2D eigenvalue weighted by molar-refractivity contribution is -0.128. The summed E-state index contributed by atoms with van der Waals surface area (Å²) in [7, 11) is -2.29. The predicted octanol–water partition coefficient (Wildman–Crippen LogP) is 1.85. The number of carbonyl (C=O) groups excluding carboxylic acids is 2. The first-order valence-corrected chi connectivity index (χ1v) is 14.2. The van der Waals surface area contributed by atoms with Crippen LogP contribution in [0.2, 0.25) is 0 Å². The lowest BCUT2D eigenvalue weighted by Gasteiger charge is -2.27. The Morgan fingerprint density at radius 1 is 0.897 bits per heavy atom. The number of ether oxygens (including phenoxy) is 1. The molecule has 0 heterocycles. The third-order valence-corrected chi connectivity index (χ3v) is 7.85. The van der Waals surface area contributed by atoms with Crippen molar-refractivity contribution in [2.24, 2.45) is 0 Å². The monoisotopic (exact) mass is 553 g/mol. The molecule has 4 N–H and O–H groups in total. The quantitative estimate of drug-likeness (QED) is 0.239. The van der Waals surface area contributed by atoms with Gasteiger partial charge in [0.2, 0.25) is 11.8 Å². The molecule has 0 unspecified atom stereocenters. The van der Waals surface area contributed by atoms with E-state index in [2.05, 4.69) is 16.0 Å². The fourth-order valence-corrected chi connectivity index (χ4v) is 5.53. The van der Waals surface area contributed by atoms with Crippen molar-refractivity contribution in [1.82, 2.24) is 16.0 Å². The topological polar surface area (TPSA) is 134 Å². The summed E-state index contributed by atoms with van der Waals surface area (Å²) in [5.41, 5.74) is 1.84. The second kappa shape index (κ2) is 14.4. The van der Waals surface area contributed by atoms with Crippen molar-refractivity contribution >= 4 is 21.7 Å². The van der Waals surface area contributed by atoms with Gasteiger partial charge in [0.1, 0.15) is 11.8 Å². The van der Waals surface area contributed by atoms with Crippen LogP contribution in [0.5, 0.6) is 5.75 Å². The van der Waals surface area contributed by atoms with Crippen molar-refractivity contribution in [3.05, 3.63) is 96.1 Å². The highest BCUT2D eigenvalue weighted by molar-refractivity contribution is 7.91. The highest BCUT2D eigenvalue weighted by Gasteiger charge is 2.31. The molecule has 208 valence electrons. The maximum absolute atomic E-state index is 13.3. The number of hydrogen-bond donors (Lipinski definition) is 4. The maximum atomic E-state index is 13.3. The lowest BCUT2D eigenvalue weighted by Crippen LogP contribution is -2.56. The van der Waals surface area contributed by atoms with Crippen LogP contribution >= 0.6 is 0 Å². The van der Waals surface area contributed by atoms with Crippen molar-refractivity contribution in [2.45, 2.75) is 43.0 Å². The van der Waals surface area contributed by atoms with Gasteiger partial charge in [-0.1, -0.05) is 60.7 Å². The molecule has 3 aromatic carbocycles. The number of sulfone groups is 1. The zero-order valence-corrected chi connectivity index (χ0v) is 22.9. The van der Waals surface area contributed by atoms with Crippen molar-refractivity contribution in [3.63, 3.8) is 0 Å². The van der Waals surface area contributed by atoms with E-state index in [4.69, 9.17) is 4.74 Å². The Hall–Kier alpha value is -3.73. The number of aliphatic hydroxyl groups excluding tert-OH is 1. The second-order valence-electron chi connectivity index (χ2n) is 9.20. The summed E-state index contributed by atoms with van der Waals surface area (Å²) in [4.78, 5) is 25.2. The smallest absolute Gasteiger partial charge is 0.243 e. The molecule has 10 heteroatoms. The van der Waals surface area contributed by atoms with Gasteiger partial charge in [0.25, 0.3) is 0 Å². The van der Waals surface area contributed by atoms with E-state index in [9.17, 15) is 23.1 Å². The molecule has 0 saturated heterocycles. The fraction of sp³-hybridized carbons (Fsp3) is 0.310. The summed E-state index contributed by atoms with van der Waals surface area (Å²) in [6.45, 7) is 1.83. The summed E-state index contributed by atoms with van der Waals surface area (Å²) in [5.74, 6) is -1.14. The number of benzene rings is 3. The van der Waals surface area contributed by atoms with Gasteiger partial charge in [0, 0.05) is 20.0 Å². The van der Waals surface area contributed by atoms with Gasteiger partial charge in [-0.15, -0.1) is 0 Å². The Morgan fingerprint density at radius 2 is 1.54 bits per heavy atom. The largest absolute Gasteiger partial charge is 0.497 e. The summed E-state index contributed by atoms with van der Waals surface area (Å²) in [5, 5.41) is 19.5. The Morgan fingerprint density at radius 3 is 2.18 bits per heavy atom. The average Bonchev–Trinajstić information content (AvgIpc) is 2.93. The standard InChI is InChI=1S/C29H35N3O6S/c1-21(33)31-27(20-39(36,37)25-14-7-4-8-15-25)29(35)32-26(17-22-10-5-3-6-11-22)28(34)19-30-18-23-12-9-13-24(16-23)38-2/h3-16,26-28,30,34H,17-20H2,1-2H3,(H,31,33)(H,32,35)/t26-,27-,28+/m0/s1. The van der Waals surface area contributed by atoms with Gasteiger partial charge in [0.05, 0.1) is 29.9 Å². The van der Waals surface area contributed by atoms with Crippen LogP contribution < -0.4 is 20.7 Å². The number of nitrogens with one attached hydrogen (secondary N) is 3. The van der Waals surface area contributed by atoms with Gasteiger partial charge in [-0.2, -0.15) is 0 Å². The Kier molecular flexibility index (Phi) is 11.0. The van der Waals surface area contributed by atoms with Crippen LogP contribution in [0.25, 0.3) is 0 Å². The summed E-state index contributed by atoms with van der Waals surface area (Å²) >= 11 is 0. The second-order valence-corrected chi connectivity index (χ2v) is 11.2. The van der Waals surface area contributed by atoms with E-state index in [-0.39, 0.29) is 11.4 Å². The van der Waals surface area contributed by atoms with E-state index in [1.165, 1.54) is 19.1 Å². The molecular formula is C29H35N3O6S. The van der Waals surface area contributed by atoms with Crippen molar-refractivity contribution in [3.8, 4) is 5.75 Å². The third-order valence-electron chi connectivity index (χ3n) is 6.09. The van der Waals surface area contributed by atoms with Gasteiger partial charge >= 0.3 is 0 Å². The Balaban J connectivity index is 1.73. The minimum absolute atomic E-state index is 0.0516. The van der Waals surface area contributed by atoms with Gasteiger partial charge in [-0.3, -0.25) is 9.59 Å². The zero-order valence-electron chi connectivity index (χ0n) is 22.0. The molecule has 0 fully saturated rings. The number of methoxy groups -OCH3 is 1. The van der Waals surface area contributed by atoms with E-state index in [0.717, 1.165) is 16.9 Å². The molecule has 39 heavy (non-hydrogen) atoms. The van der Waals surface area contributed by atoms with Crippen LogP contribution in [0.4, 0.5) is 0 Å². The van der Waals surface area contributed by atoms with Crippen LogP contribution in [0.15, 0.2) is 89.8 Å². The molecule has 0 saturated carbocycles. The van der Waals surface area contributed by atoms with Gasteiger partial charge in [0.15, 0.2) is 9.84 Å². The molecule has 3 atom stereocenters. The number of rotatable bonds is 14. The first kappa shape index (κ1) is 29.8. The molecule has 3 rings (SSSR count). The minimum atomic E-state index is -3.88. The third kappa shape index (κ3) is 9.51. The van der Waals surface area contributed by atoms with Crippen LogP contribution in [-0.4, -0.2) is 62.9 Å². The number of aliphatic hydroxyl groups is 1. The van der Waals surface area contributed by atoms with Gasteiger partial charge in [-0.05, 0) is 41.8 Å². The predicted molar refractivity (Wildman–Crippen MR) is 149 cm³/mol. The number of hydrogen-bond acceptors (Lipinski definition) is 7. The lowest BCUT2D eigenvalue weighted by atomic mass is 10.0. The van der Waals surface area contributed by atoms with E-state index >= 15 is 0 Å². The van der Waals surface area contributed by atoms with Crippen molar-refractivity contribution < 1.29 is 27.9 Å². The number of amides is 2. The number of carbonyl (C=O) groups is 2. The van der Waals surface area contributed by atoms with Crippen LogP contribution in [0, 0.1) is 0 Å². The fourth-order valence-electron chi connectivity index (χ4n) is 4.10. The summed E-state index contributed by atoms with van der Waals surface area (Å²) in [6.07, 6.45) is -0.712. The van der Waals surface area contributed by atoms with Gasteiger partial charge < -0.3 is 25.8 Å². The summed E-state index contributed by atoms with van der Waals surface area (Å²) < 4.78 is 31.2. The van der Waals surface area contributed by atoms with E-state index < -0.39 is 45.6 Å². The van der Waals surface area contributed by atoms with E-state index in [1.807, 2.05) is 54.6 Å². The van der Waals surface area contributed by atoms with Crippen LogP contribution in [-0.2, 0) is 32.4 Å². The summed E-state index contributed by atoms with van der Waals surface area (Å²) in [6, 6.07) is 22.5. The molecule has 2 amide bonds. The normalized spacial score (nSPS) is 13.6. The molecule has 0 bridgehead atoms. The first-order chi connectivity index (χ1) is 18.7. The Labute approximate surface area is 229 Å². The molecule has 0 aromatic heterocycles. The van der Waals surface area contributed by atoms with E-state index in [0.29, 0.717) is 13.0 Å². The highest BCUT2D eigenvalue weighted by atomic mass is 32.2. The Bertz CT molecular complexity index is 1320. The highest BCUT2D eigenvalue weighted by Crippen LogP contribution is 2.14. The molecule has 0 aliphatic heterocycles. The molecule has 3 aromatic rings. The van der Waals surface area contributed by atoms with Gasteiger partial charge in [-0.25, -0.2) is 8.42 Å². The first-order valence-electron chi connectivity index (χ1n) is 12.6. The molecule has 9 nitrogen and oxygen atoms in total. The van der Waals surface area contributed by atoms with Crippen LogP contribution in [0.1, 0.15) is 18.1 Å². The minimum Gasteiger partial charge on any atom is -0.497 e. The molecule has 0 spiro atoms. The van der Waals surface area contributed by atoms with Crippen molar-refractivity contribution in [1.29, 1.82) is 0 Å². The van der Waals surface area contributed by atoms with E-state index in [1.54, 1.807) is 25.3 Å². The SMILES string of the molecule is COc1cccc(CNC[C@@H](O)[C@H](Cc2ccccc2)NC(=O)[C@H](CS(=O)(=O)c2ccccc2)NC(C)=O)c1. The van der Waals surface area contributed by atoms with Crippen LogP contribution in [0.3, 0.4) is 0 Å². The van der Waals surface area contributed by atoms with Crippen molar-refractivity contribution in [2.75, 3.05) is 19.4 Å². The molecule has 0 aliphatic rings. The molecular weight excluding hydrogens is 518 g/mol. The average molecular weight is 554 g/mol. The zero-order chi connectivity index (χ0) is 28.3. The maximum Gasteiger partial charge on any atom is 0.243 e. The molecule has 0 radical (unpaired) electrons. The molecule has 0 aliphatic carbocycles.